The summed E-state index contributed by atoms with van der Waals surface area (Å²) in [6, 6.07) is 16.6. The van der Waals surface area contributed by atoms with E-state index in [1.54, 1.807) is 37.3 Å². The smallest absolute Gasteiger partial charge is 0.318 e. The van der Waals surface area contributed by atoms with E-state index in [0.29, 0.717) is 11.4 Å². The van der Waals surface area contributed by atoms with Crippen LogP contribution in [0.15, 0.2) is 70.2 Å². The first kappa shape index (κ1) is 17.6. The van der Waals surface area contributed by atoms with Crippen molar-refractivity contribution >= 4 is 45.2 Å². The zero-order valence-electron chi connectivity index (χ0n) is 13.0. The number of amides is 2. The molecule has 2 N–H and O–H groups in total. The van der Waals surface area contributed by atoms with Gasteiger partial charge in [-0.15, -0.1) is 0 Å². The summed E-state index contributed by atoms with van der Waals surface area (Å²) >= 11 is 3.30. The first-order valence-corrected chi connectivity index (χ1v) is 7.98. The second kappa shape index (κ2) is 8.79. The summed E-state index contributed by atoms with van der Waals surface area (Å²) < 4.78 is 0.885. The number of rotatable bonds is 4. The molecule has 0 unspecified atom stereocenters. The van der Waals surface area contributed by atoms with E-state index in [4.69, 9.17) is 0 Å². The fraction of sp³-hybridized carbons (Fsp3) is 0.0556. The largest absolute Gasteiger partial charge is 0.329 e. The van der Waals surface area contributed by atoms with Crippen molar-refractivity contribution in [3.63, 3.8) is 0 Å². The maximum Gasteiger partial charge on any atom is 0.329 e. The number of nitrogens with one attached hydrogen (secondary N) is 2. The SMILES string of the molecule is CC(/C=C/c1ccccc1)=N\NC(=O)C(=O)Nc1ccc(Br)cc1. The Kier molecular flexibility index (Phi) is 6.45. The number of carbonyl (C=O) groups is 2. The average Bonchev–Trinajstić information content (AvgIpc) is 2.60. The Morgan fingerprint density at radius 3 is 2.33 bits per heavy atom. The van der Waals surface area contributed by atoms with Gasteiger partial charge in [0.1, 0.15) is 0 Å². The lowest BCUT2D eigenvalue weighted by Gasteiger charge is -2.04. The first-order chi connectivity index (χ1) is 11.5. The van der Waals surface area contributed by atoms with Gasteiger partial charge in [0.2, 0.25) is 0 Å². The minimum absolute atomic E-state index is 0.531. The second-order valence-corrected chi connectivity index (χ2v) is 5.81. The van der Waals surface area contributed by atoms with E-state index in [0.717, 1.165) is 10.0 Å². The Bertz CT molecular complexity index is 769. The van der Waals surface area contributed by atoms with Gasteiger partial charge in [0.15, 0.2) is 0 Å². The molecule has 0 aliphatic carbocycles. The monoisotopic (exact) mass is 385 g/mol. The van der Waals surface area contributed by atoms with Crippen molar-refractivity contribution in [3.05, 3.63) is 70.7 Å². The fourth-order valence-corrected chi connectivity index (χ4v) is 1.99. The Hall–Kier alpha value is -2.73. The molecule has 0 bridgehead atoms. The molecule has 0 saturated carbocycles. The third-order valence-corrected chi connectivity index (χ3v) is 3.49. The molecule has 0 saturated heterocycles. The number of hydrazone groups is 1. The van der Waals surface area contributed by atoms with Crippen LogP contribution in [-0.2, 0) is 9.59 Å². The molecular weight excluding hydrogens is 370 g/mol. The summed E-state index contributed by atoms with van der Waals surface area (Å²) in [7, 11) is 0. The van der Waals surface area contributed by atoms with Gasteiger partial charge in [0.25, 0.3) is 0 Å². The molecule has 0 radical (unpaired) electrons. The average molecular weight is 386 g/mol. The van der Waals surface area contributed by atoms with Crippen LogP contribution in [0.25, 0.3) is 6.08 Å². The van der Waals surface area contributed by atoms with E-state index in [9.17, 15) is 9.59 Å². The molecule has 2 aromatic carbocycles. The van der Waals surface area contributed by atoms with Gasteiger partial charge < -0.3 is 5.32 Å². The number of halogens is 1. The zero-order valence-corrected chi connectivity index (χ0v) is 14.6. The number of nitrogens with zero attached hydrogens (tertiary/aromatic N) is 1. The maximum atomic E-state index is 11.8. The molecule has 0 aliphatic rings. The molecule has 122 valence electrons. The fourth-order valence-electron chi connectivity index (χ4n) is 1.73. The van der Waals surface area contributed by atoms with Crippen LogP contribution in [0, 0.1) is 0 Å². The standard InChI is InChI=1S/C18H16BrN3O2/c1-13(7-8-14-5-3-2-4-6-14)21-22-18(24)17(23)20-16-11-9-15(19)10-12-16/h2-12H,1H3,(H,20,23)(H,22,24)/b8-7+,21-13+. The minimum atomic E-state index is -0.828. The molecule has 0 heterocycles. The highest BCUT2D eigenvalue weighted by atomic mass is 79.9. The van der Waals surface area contributed by atoms with Crippen LogP contribution in [0.3, 0.4) is 0 Å². The molecule has 0 atom stereocenters. The second-order valence-electron chi connectivity index (χ2n) is 4.90. The van der Waals surface area contributed by atoms with Gasteiger partial charge in [-0.25, -0.2) is 5.43 Å². The number of benzene rings is 2. The highest BCUT2D eigenvalue weighted by molar-refractivity contribution is 9.10. The van der Waals surface area contributed by atoms with Gasteiger partial charge in [-0.05, 0) is 42.8 Å². The van der Waals surface area contributed by atoms with Crippen LogP contribution in [0.2, 0.25) is 0 Å². The lowest BCUT2D eigenvalue weighted by molar-refractivity contribution is -0.136. The Morgan fingerprint density at radius 2 is 1.67 bits per heavy atom. The minimum Gasteiger partial charge on any atom is -0.318 e. The molecule has 0 aromatic heterocycles. The highest BCUT2D eigenvalue weighted by Crippen LogP contribution is 2.13. The number of hydrogen-bond donors (Lipinski definition) is 2. The number of carbonyl (C=O) groups excluding carboxylic acids is 2. The van der Waals surface area contributed by atoms with Crippen molar-refractivity contribution in [1.82, 2.24) is 5.43 Å². The zero-order chi connectivity index (χ0) is 17.4. The molecule has 2 rings (SSSR count). The van der Waals surface area contributed by atoms with Gasteiger partial charge in [-0.1, -0.05) is 52.3 Å². The van der Waals surface area contributed by atoms with Crippen molar-refractivity contribution in [1.29, 1.82) is 0 Å². The van der Waals surface area contributed by atoms with Crippen LogP contribution < -0.4 is 10.7 Å². The van der Waals surface area contributed by atoms with Crippen molar-refractivity contribution in [2.24, 2.45) is 5.10 Å². The van der Waals surface area contributed by atoms with Crippen LogP contribution >= 0.6 is 15.9 Å². The van der Waals surface area contributed by atoms with Gasteiger partial charge in [-0.3, -0.25) is 9.59 Å². The van der Waals surface area contributed by atoms with Crippen molar-refractivity contribution < 1.29 is 9.59 Å². The summed E-state index contributed by atoms with van der Waals surface area (Å²) in [5.74, 6) is -1.61. The lowest BCUT2D eigenvalue weighted by Crippen LogP contribution is -2.32. The van der Waals surface area contributed by atoms with E-state index < -0.39 is 11.8 Å². The van der Waals surface area contributed by atoms with Gasteiger partial charge >= 0.3 is 11.8 Å². The number of allylic oxidation sites excluding steroid dienone is 1. The summed E-state index contributed by atoms with van der Waals surface area (Å²) in [6.07, 6.45) is 3.62. The highest BCUT2D eigenvalue weighted by Gasteiger charge is 2.12. The number of hydrogen-bond acceptors (Lipinski definition) is 3. The van der Waals surface area contributed by atoms with Crippen molar-refractivity contribution in [2.45, 2.75) is 6.92 Å². The normalized spacial score (nSPS) is 11.3. The summed E-state index contributed by atoms with van der Waals surface area (Å²) in [5, 5.41) is 6.37. The lowest BCUT2D eigenvalue weighted by atomic mass is 10.2. The molecule has 5 nitrogen and oxygen atoms in total. The Balaban J connectivity index is 1.87. The molecule has 0 aliphatic heterocycles. The Morgan fingerprint density at radius 1 is 1.00 bits per heavy atom. The van der Waals surface area contributed by atoms with Crippen LogP contribution in [0.4, 0.5) is 5.69 Å². The van der Waals surface area contributed by atoms with Gasteiger partial charge in [0, 0.05) is 10.2 Å². The van der Waals surface area contributed by atoms with E-state index in [1.807, 2.05) is 36.4 Å². The van der Waals surface area contributed by atoms with E-state index in [1.165, 1.54) is 0 Å². The summed E-state index contributed by atoms with van der Waals surface area (Å²) in [4.78, 5) is 23.5. The van der Waals surface area contributed by atoms with Crippen LogP contribution in [0.5, 0.6) is 0 Å². The summed E-state index contributed by atoms with van der Waals surface area (Å²) in [5.41, 5.74) is 4.35. The molecule has 6 heteroatoms. The molecule has 24 heavy (non-hydrogen) atoms. The predicted molar refractivity (Wildman–Crippen MR) is 99.5 cm³/mol. The van der Waals surface area contributed by atoms with E-state index in [-0.39, 0.29) is 0 Å². The van der Waals surface area contributed by atoms with E-state index >= 15 is 0 Å². The van der Waals surface area contributed by atoms with E-state index in [2.05, 4.69) is 31.8 Å². The molecule has 0 spiro atoms. The number of anilines is 1. The Labute approximate surface area is 148 Å². The molecule has 0 fully saturated rings. The molecule has 2 aromatic rings. The van der Waals surface area contributed by atoms with Crippen molar-refractivity contribution in [3.8, 4) is 0 Å². The van der Waals surface area contributed by atoms with Crippen LogP contribution in [-0.4, -0.2) is 17.5 Å². The molecule has 2 amide bonds. The third-order valence-electron chi connectivity index (χ3n) is 2.96. The maximum absolute atomic E-state index is 11.8. The molecular formula is C18H16BrN3O2. The van der Waals surface area contributed by atoms with Gasteiger partial charge in [0.05, 0.1) is 5.71 Å². The predicted octanol–water partition coefficient (Wildman–Crippen LogP) is 3.59. The third kappa shape index (κ3) is 5.81. The topological polar surface area (TPSA) is 70.6 Å². The van der Waals surface area contributed by atoms with Crippen molar-refractivity contribution in [2.75, 3.05) is 5.32 Å². The quantitative estimate of drug-likeness (QED) is 0.479. The summed E-state index contributed by atoms with van der Waals surface area (Å²) in [6.45, 7) is 1.73. The van der Waals surface area contributed by atoms with Crippen LogP contribution in [0.1, 0.15) is 12.5 Å². The first-order valence-electron chi connectivity index (χ1n) is 7.19. The van der Waals surface area contributed by atoms with Gasteiger partial charge in [-0.2, -0.15) is 5.10 Å².